The van der Waals surface area contributed by atoms with Gasteiger partial charge in [-0.15, -0.1) is 0 Å². The third kappa shape index (κ3) is 5.55. The molecule has 4 heterocycles. The van der Waals surface area contributed by atoms with Crippen LogP contribution >= 0.6 is 0 Å². The Labute approximate surface area is 221 Å². The van der Waals surface area contributed by atoms with Crippen LogP contribution in [0.1, 0.15) is 13.3 Å². The zero-order valence-electron chi connectivity index (χ0n) is 21.3. The predicted octanol–water partition coefficient (Wildman–Crippen LogP) is 2.45. The monoisotopic (exact) mass is 548 g/mol. The summed E-state index contributed by atoms with van der Waals surface area (Å²) < 4.78 is 51.1. The summed E-state index contributed by atoms with van der Waals surface area (Å²) >= 11 is 0. The van der Waals surface area contributed by atoms with E-state index >= 15 is 0 Å². The van der Waals surface area contributed by atoms with E-state index in [1.807, 2.05) is 18.2 Å². The van der Waals surface area contributed by atoms with Crippen molar-refractivity contribution < 1.29 is 37.1 Å². The summed E-state index contributed by atoms with van der Waals surface area (Å²) in [5, 5.41) is 8.07. The predicted molar refractivity (Wildman–Crippen MR) is 132 cm³/mol. The first-order valence-electron chi connectivity index (χ1n) is 12.4. The number of halogens is 3. The summed E-state index contributed by atoms with van der Waals surface area (Å²) in [7, 11) is 1.61. The van der Waals surface area contributed by atoms with Gasteiger partial charge in [-0.05, 0) is 25.1 Å². The zero-order chi connectivity index (χ0) is 27.7. The van der Waals surface area contributed by atoms with Gasteiger partial charge >= 0.3 is 12.1 Å². The first-order chi connectivity index (χ1) is 18.6. The molecule has 0 aliphatic carbocycles. The van der Waals surface area contributed by atoms with E-state index in [0.29, 0.717) is 22.0 Å². The Bertz CT molecular complexity index is 1370. The van der Waals surface area contributed by atoms with E-state index in [9.17, 15) is 22.8 Å². The summed E-state index contributed by atoms with van der Waals surface area (Å²) in [5.74, 6) is -2.78. The average molecular weight is 549 g/mol. The molecule has 14 heteroatoms. The van der Waals surface area contributed by atoms with Crippen LogP contribution in [0.15, 0.2) is 36.7 Å². The molecule has 11 nitrogen and oxygen atoms in total. The number of fused-ring (bicyclic) bond motifs is 1. The van der Waals surface area contributed by atoms with Gasteiger partial charge in [0, 0.05) is 44.1 Å². The van der Waals surface area contributed by atoms with E-state index < -0.39 is 30.1 Å². The van der Waals surface area contributed by atoms with Crippen LogP contribution in [-0.2, 0) is 14.4 Å². The highest BCUT2D eigenvalue weighted by Crippen LogP contribution is 2.35. The maximum Gasteiger partial charge on any atom is 0.493 e. The van der Waals surface area contributed by atoms with Crippen molar-refractivity contribution in [3.63, 3.8) is 0 Å². The molecule has 5 rings (SSSR count). The van der Waals surface area contributed by atoms with Gasteiger partial charge in [0.15, 0.2) is 0 Å². The van der Waals surface area contributed by atoms with Gasteiger partial charge < -0.3 is 24.5 Å². The number of alkyl halides is 3. The number of benzene rings is 1. The minimum absolute atomic E-state index is 0.147. The number of nitrogens with one attached hydrogen (secondary N) is 1. The second kappa shape index (κ2) is 10.6. The average Bonchev–Trinajstić information content (AvgIpc) is 3.55. The van der Waals surface area contributed by atoms with Crippen molar-refractivity contribution >= 4 is 23.1 Å². The number of aromatic nitrogens is 3. The van der Waals surface area contributed by atoms with Crippen LogP contribution in [0.25, 0.3) is 16.8 Å². The highest BCUT2D eigenvalue weighted by atomic mass is 19.4. The summed E-state index contributed by atoms with van der Waals surface area (Å²) in [6.45, 7) is 4.94. The molecular formula is C25H27F3N6O5. The molecule has 39 heavy (non-hydrogen) atoms. The van der Waals surface area contributed by atoms with E-state index in [-0.39, 0.29) is 18.8 Å². The van der Waals surface area contributed by atoms with Crippen LogP contribution < -0.4 is 19.7 Å². The maximum absolute atomic E-state index is 12.6. The molecule has 2 saturated heterocycles. The third-order valence-corrected chi connectivity index (χ3v) is 6.79. The number of hydroxylamine groups is 2. The van der Waals surface area contributed by atoms with Gasteiger partial charge in [0.1, 0.15) is 17.4 Å². The second-order valence-electron chi connectivity index (χ2n) is 9.33. The number of nitrogens with zero attached hydrogens (tertiary/aromatic N) is 5. The van der Waals surface area contributed by atoms with Crippen molar-refractivity contribution in [1.29, 1.82) is 0 Å². The number of piperazine rings is 1. The Hall–Kier alpha value is -4.07. The van der Waals surface area contributed by atoms with Crippen molar-refractivity contribution in [2.24, 2.45) is 5.92 Å². The van der Waals surface area contributed by atoms with Gasteiger partial charge in [0.25, 0.3) is 5.91 Å². The van der Waals surface area contributed by atoms with Crippen LogP contribution in [0.5, 0.6) is 11.6 Å². The molecule has 208 valence electrons. The number of hydrogen-bond acceptors (Lipinski definition) is 9. The van der Waals surface area contributed by atoms with Crippen molar-refractivity contribution in [1.82, 2.24) is 25.0 Å². The van der Waals surface area contributed by atoms with Gasteiger partial charge in [-0.25, -0.2) is 14.3 Å². The van der Waals surface area contributed by atoms with Gasteiger partial charge in [-0.3, -0.25) is 4.79 Å². The molecule has 2 aliphatic rings. The molecule has 1 amide bonds. The van der Waals surface area contributed by atoms with Gasteiger partial charge in [0.2, 0.25) is 5.88 Å². The summed E-state index contributed by atoms with van der Waals surface area (Å²) in [5.41, 5.74) is 2.87. The second-order valence-corrected chi connectivity index (χ2v) is 9.33. The van der Waals surface area contributed by atoms with Crippen molar-refractivity contribution in [2.75, 3.05) is 44.7 Å². The smallest absolute Gasteiger partial charge is 0.493 e. The number of anilines is 1. The Kier molecular flexibility index (Phi) is 7.21. The quantitative estimate of drug-likeness (QED) is 0.476. The number of hydrogen-bond donors (Lipinski definition) is 1. The van der Waals surface area contributed by atoms with Gasteiger partial charge in [0.05, 0.1) is 37.4 Å². The lowest BCUT2D eigenvalue weighted by atomic mass is 10.0. The minimum Gasteiger partial charge on any atom is -0.495 e. The molecular weight excluding hydrogens is 521 g/mol. The summed E-state index contributed by atoms with van der Waals surface area (Å²) in [6, 6.07) is 7.53. The molecule has 2 fully saturated rings. The summed E-state index contributed by atoms with van der Waals surface area (Å²) in [6.07, 6.45) is -2.65. The molecule has 0 unspecified atom stereocenters. The Morgan fingerprint density at radius 1 is 1.21 bits per heavy atom. The standard InChI is InChI=1S/C25H27F3N6O5/c1-15(17-12-22(35)34(13-17)39-24(36)25(26,27)28)38-23-20-5-6-30-33(20)14-18(31-23)16-3-4-19(21(11-16)37-2)32-9-7-29-8-10-32/h3-6,11,14-15,17,29H,7-10,12-13H2,1-2H3/t15-,17-/m1/s1. The Morgan fingerprint density at radius 2 is 1.97 bits per heavy atom. The van der Waals surface area contributed by atoms with Crippen LogP contribution in [0.2, 0.25) is 0 Å². The molecule has 0 bridgehead atoms. The first-order valence-corrected chi connectivity index (χ1v) is 12.4. The lowest BCUT2D eigenvalue weighted by Crippen LogP contribution is -2.43. The molecule has 0 radical (unpaired) electrons. The van der Waals surface area contributed by atoms with E-state index in [1.165, 1.54) is 0 Å². The van der Waals surface area contributed by atoms with E-state index in [1.54, 1.807) is 37.0 Å². The number of methoxy groups -OCH3 is 1. The number of carbonyl (C=O) groups is 2. The fraction of sp³-hybridized carbons (Fsp3) is 0.440. The van der Waals surface area contributed by atoms with E-state index in [2.05, 4.69) is 20.2 Å². The lowest BCUT2D eigenvalue weighted by molar-refractivity contribution is -0.234. The Morgan fingerprint density at radius 3 is 2.69 bits per heavy atom. The molecule has 2 aliphatic heterocycles. The summed E-state index contributed by atoms with van der Waals surface area (Å²) in [4.78, 5) is 34.6. The number of ether oxygens (including phenoxy) is 2. The molecule has 0 saturated carbocycles. The highest BCUT2D eigenvalue weighted by molar-refractivity contribution is 5.81. The number of carbonyl (C=O) groups excluding carboxylic acids is 2. The molecule has 2 atom stereocenters. The fourth-order valence-electron chi connectivity index (χ4n) is 4.66. The number of rotatable bonds is 7. The Balaban J connectivity index is 1.37. The molecule has 1 N–H and O–H groups in total. The first kappa shape index (κ1) is 26.5. The topological polar surface area (TPSA) is 111 Å². The van der Waals surface area contributed by atoms with Crippen LogP contribution in [-0.4, -0.2) is 83.7 Å². The molecule has 1 aromatic carbocycles. The largest absolute Gasteiger partial charge is 0.495 e. The fourth-order valence-corrected chi connectivity index (χ4v) is 4.66. The van der Waals surface area contributed by atoms with Crippen molar-refractivity contribution in [3.05, 3.63) is 36.7 Å². The van der Waals surface area contributed by atoms with Crippen LogP contribution in [0, 0.1) is 5.92 Å². The third-order valence-electron chi connectivity index (χ3n) is 6.79. The van der Waals surface area contributed by atoms with Crippen molar-refractivity contribution in [2.45, 2.75) is 25.6 Å². The van der Waals surface area contributed by atoms with E-state index in [4.69, 9.17) is 14.5 Å². The highest BCUT2D eigenvalue weighted by Gasteiger charge is 2.45. The zero-order valence-corrected chi connectivity index (χ0v) is 21.3. The minimum atomic E-state index is -5.20. The normalized spacial score (nSPS) is 18.9. The van der Waals surface area contributed by atoms with Crippen LogP contribution in [0.4, 0.5) is 18.9 Å². The maximum atomic E-state index is 12.6. The van der Waals surface area contributed by atoms with E-state index in [0.717, 1.165) is 37.4 Å². The SMILES string of the molecule is COc1cc(-c2cn3nccc3c(O[C@H](C)[C@@H]3CC(=O)N(OC(=O)C(F)(F)F)C3)n2)ccc1N1CCNCC1. The molecule has 2 aromatic heterocycles. The number of amides is 1. The molecule has 3 aromatic rings. The van der Waals surface area contributed by atoms with Gasteiger partial charge in [-0.1, -0.05) is 6.07 Å². The van der Waals surface area contributed by atoms with Crippen LogP contribution in [0.3, 0.4) is 0 Å². The van der Waals surface area contributed by atoms with Gasteiger partial charge in [-0.2, -0.15) is 23.3 Å². The lowest BCUT2D eigenvalue weighted by Gasteiger charge is -2.30. The molecule has 0 spiro atoms. The van der Waals surface area contributed by atoms with Crippen molar-refractivity contribution in [3.8, 4) is 22.9 Å².